The molecule has 3 rings (SSSR count). The molecule has 0 radical (unpaired) electrons. The van der Waals surface area contributed by atoms with Crippen LogP contribution in [0.4, 0.5) is 4.79 Å². The van der Waals surface area contributed by atoms with Crippen molar-refractivity contribution in [1.82, 2.24) is 15.6 Å². The summed E-state index contributed by atoms with van der Waals surface area (Å²) < 4.78 is 0. The van der Waals surface area contributed by atoms with Gasteiger partial charge in [-0.1, -0.05) is 25.0 Å². The first-order chi connectivity index (χ1) is 11.1. The Morgan fingerprint density at radius 2 is 2.04 bits per heavy atom. The lowest BCUT2D eigenvalue weighted by Gasteiger charge is -2.12. The lowest BCUT2D eigenvalue weighted by molar-refractivity contribution is 0.237. The fourth-order valence-corrected chi connectivity index (χ4v) is 3.16. The lowest BCUT2D eigenvalue weighted by atomic mass is 10.1. The molecule has 2 aromatic rings. The third-order valence-corrected chi connectivity index (χ3v) is 4.45. The summed E-state index contributed by atoms with van der Waals surface area (Å²) >= 11 is 0. The van der Waals surface area contributed by atoms with Crippen LogP contribution in [-0.4, -0.2) is 23.6 Å². The normalized spacial score (nSPS) is 15.0. The van der Waals surface area contributed by atoms with E-state index in [-0.39, 0.29) is 11.6 Å². The Bertz CT molecular complexity index is 760. The molecule has 1 heterocycles. The highest BCUT2D eigenvalue weighted by Crippen LogP contribution is 2.17. The van der Waals surface area contributed by atoms with Crippen LogP contribution in [0, 0.1) is 6.92 Å². The minimum atomic E-state index is -0.134. The number of benzene rings is 1. The van der Waals surface area contributed by atoms with Crippen molar-refractivity contribution in [2.45, 2.75) is 45.1 Å². The molecule has 1 fully saturated rings. The van der Waals surface area contributed by atoms with Crippen LogP contribution in [-0.2, 0) is 6.42 Å². The number of amides is 2. The van der Waals surface area contributed by atoms with Gasteiger partial charge in [0.05, 0.1) is 0 Å². The second kappa shape index (κ2) is 6.86. The first-order valence-electron chi connectivity index (χ1n) is 8.29. The van der Waals surface area contributed by atoms with Gasteiger partial charge in [0.1, 0.15) is 0 Å². The highest BCUT2D eigenvalue weighted by atomic mass is 16.2. The predicted molar refractivity (Wildman–Crippen MR) is 91.8 cm³/mol. The van der Waals surface area contributed by atoms with E-state index in [0.29, 0.717) is 24.6 Å². The summed E-state index contributed by atoms with van der Waals surface area (Å²) in [4.78, 5) is 26.8. The Morgan fingerprint density at radius 1 is 1.26 bits per heavy atom. The van der Waals surface area contributed by atoms with Crippen molar-refractivity contribution in [1.29, 1.82) is 0 Å². The summed E-state index contributed by atoms with van der Waals surface area (Å²) in [6, 6.07) is 8.08. The summed E-state index contributed by atoms with van der Waals surface area (Å²) in [5.41, 5.74) is 2.58. The number of urea groups is 1. The van der Waals surface area contributed by atoms with Crippen molar-refractivity contribution >= 4 is 16.9 Å². The Morgan fingerprint density at radius 3 is 2.83 bits per heavy atom. The van der Waals surface area contributed by atoms with Crippen molar-refractivity contribution in [2.24, 2.45) is 0 Å². The molecule has 2 amide bonds. The Hall–Kier alpha value is -2.30. The number of carbonyl (C=O) groups excluding carboxylic acids is 1. The molecule has 0 saturated heterocycles. The minimum Gasteiger partial charge on any atom is -0.338 e. The van der Waals surface area contributed by atoms with Gasteiger partial charge >= 0.3 is 6.03 Å². The Balaban J connectivity index is 1.58. The maximum absolute atomic E-state index is 12.1. The van der Waals surface area contributed by atoms with Crippen molar-refractivity contribution in [3.8, 4) is 0 Å². The van der Waals surface area contributed by atoms with Crippen LogP contribution in [0.15, 0.2) is 29.1 Å². The minimum absolute atomic E-state index is 0.0823. The molecule has 3 N–H and O–H groups in total. The van der Waals surface area contributed by atoms with Crippen LogP contribution in [0.2, 0.25) is 0 Å². The molecule has 0 atom stereocenters. The number of aryl methyl sites for hydroxylation is 1. The standard InChI is InChI=1S/C18H23N3O2/c1-12-6-7-13-11-14(17(22)21-16(13)10-12)8-9-19-18(23)20-15-4-2-3-5-15/h6-7,10-11,15H,2-5,8-9H2,1H3,(H,21,22)(H2,19,20,23). The fourth-order valence-electron chi connectivity index (χ4n) is 3.16. The second-order valence-corrected chi connectivity index (χ2v) is 6.35. The van der Waals surface area contributed by atoms with Gasteiger partial charge in [-0.15, -0.1) is 0 Å². The highest BCUT2D eigenvalue weighted by molar-refractivity contribution is 5.79. The van der Waals surface area contributed by atoms with E-state index >= 15 is 0 Å². The van der Waals surface area contributed by atoms with Crippen LogP contribution in [0.1, 0.15) is 36.8 Å². The van der Waals surface area contributed by atoms with Gasteiger partial charge in [0.2, 0.25) is 0 Å². The number of H-pyrrole nitrogens is 1. The maximum Gasteiger partial charge on any atom is 0.315 e. The number of hydrogen-bond donors (Lipinski definition) is 3. The number of carbonyl (C=O) groups is 1. The summed E-state index contributed by atoms with van der Waals surface area (Å²) in [6.45, 7) is 2.46. The predicted octanol–water partition coefficient (Wildman–Crippen LogP) is 2.62. The Labute approximate surface area is 135 Å². The quantitative estimate of drug-likeness (QED) is 0.812. The number of pyridine rings is 1. The van der Waals surface area contributed by atoms with Gasteiger partial charge in [0, 0.05) is 23.7 Å². The van der Waals surface area contributed by atoms with E-state index in [1.54, 1.807) is 0 Å². The van der Waals surface area contributed by atoms with E-state index in [2.05, 4.69) is 15.6 Å². The summed E-state index contributed by atoms with van der Waals surface area (Å²) in [6.07, 6.45) is 5.04. The highest BCUT2D eigenvalue weighted by Gasteiger charge is 2.16. The number of aromatic amines is 1. The zero-order chi connectivity index (χ0) is 16.2. The van der Waals surface area contributed by atoms with Gasteiger partial charge in [-0.3, -0.25) is 4.79 Å². The van der Waals surface area contributed by atoms with E-state index in [9.17, 15) is 9.59 Å². The molecule has 1 aliphatic carbocycles. The smallest absolute Gasteiger partial charge is 0.315 e. The third-order valence-electron chi connectivity index (χ3n) is 4.45. The first-order valence-corrected chi connectivity index (χ1v) is 8.29. The van der Waals surface area contributed by atoms with Crippen molar-refractivity contribution in [3.05, 3.63) is 45.7 Å². The number of rotatable bonds is 4. The molecular weight excluding hydrogens is 290 g/mol. The van der Waals surface area contributed by atoms with Crippen molar-refractivity contribution < 1.29 is 4.79 Å². The molecule has 5 nitrogen and oxygen atoms in total. The van der Waals surface area contributed by atoms with E-state index < -0.39 is 0 Å². The Kier molecular flexibility index (Phi) is 4.65. The molecule has 1 aliphatic rings. The van der Waals surface area contributed by atoms with Gasteiger partial charge in [-0.2, -0.15) is 0 Å². The zero-order valence-corrected chi connectivity index (χ0v) is 13.4. The lowest BCUT2D eigenvalue weighted by Crippen LogP contribution is -2.41. The van der Waals surface area contributed by atoms with Crippen LogP contribution < -0.4 is 16.2 Å². The van der Waals surface area contributed by atoms with E-state index in [4.69, 9.17) is 0 Å². The van der Waals surface area contributed by atoms with Crippen LogP contribution in [0.25, 0.3) is 10.9 Å². The first kappa shape index (κ1) is 15.6. The fraction of sp³-hybridized carbons (Fsp3) is 0.444. The number of nitrogens with one attached hydrogen (secondary N) is 3. The zero-order valence-electron chi connectivity index (χ0n) is 13.4. The van der Waals surface area contributed by atoms with Crippen LogP contribution in [0.5, 0.6) is 0 Å². The van der Waals surface area contributed by atoms with Gasteiger partial charge in [0.15, 0.2) is 0 Å². The van der Waals surface area contributed by atoms with E-state index in [1.165, 1.54) is 12.8 Å². The molecule has 23 heavy (non-hydrogen) atoms. The molecule has 5 heteroatoms. The van der Waals surface area contributed by atoms with Crippen LogP contribution >= 0.6 is 0 Å². The maximum atomic E-state index is 12.1. The second-order valence-electron chi connectivity index (χ2n) is 6.35. The largest absolute Gasteiger partial charge is 0.338 e. The van der Waals surface area contributed by atoms with Gasteiger partial charge in [0.25, 0.3) is 5.56 Å². The number of aromatic nitrogens is 1. The molecule has 1 aromatic heterocycles. The molecule has 0 bridgehead atoms. The van der Waals surface area contributed by atoms with Crippen LogP contribution in [0.3, 0.4) is 0 Å². The number of fused-ring (bicyclic) bond motifs is 1. The van der Waals surface area contributed by atoms with Crippen molar-refractivity contribution in [3.63, 3.8) is 0 Å². The summed E-state index contributed by atoms with van der Waals surface area (Å²) in [5, 5.41) is 6.83. The summed E-state index contributed by atoms with van der Waals surface area (Å²) in [7, 11) is 0. The SMILES string of the molecule is Cc1ccc2cc(CCNC(=O)NC3CCCC3)c(=O)[nH]c2c1. The molecule has 0 aliphatic heterocycles. The molecular formula is C18H23N3O2. The van der Waals surface area contributed by atoms with E-state index in [1.807, 2.05) is 31.2 Å². The topological polar surface area (TPSA) is 74.0 Å². The van der Waals surface area contributed by atoms with Gasteiger partial charge in [-0.05, 0) is 49.3 Å². The molecule has 122 valence electrons. The molecule has 0 unspecified atom stereocenters. The van der Waals surface area contributed by atoms with Gasteiger partial charge in [-0.25, -0.2) is 4.79 Å². The molecule has 0 spiro atoms. The number of hydrogen-bond acceptors (Lipinski definition) is 2. The summed E-state index contributed by atoms with van der Waals surface area (Å²) in [5.74, 6) is 0. The molecule has 1 saturated carbocycles. The van der Waals surface area contributed by atoms with Gasteiger partial charge < -0.3 is 15.6 Å². The van der Waals surface area contributed by atoms with E-state index in [0.717, 1.165) is 29.3 Å². The average molecular weight is 313 g/mol. The monoisotopic (exact) mass is 313 g/mol. The third kappa shape index (κ3) is 3.92. The average Bonchev–Trinajstić information content (AvgIpc) is 3.00. The van der Waals surface area contributed by atoms with Crippen molar-refractivity contribution in [2.75, 3.05) is 6.54 Å². The molecule has 1 aromatic carbocycles.